The molecule has 6 nitrogen and oxygen atoms in total. The summed E-state index contributed by atoms with van der Waals surface area (Å²) in [6.07, 6.45) is 75.9. The average molecular weight is 983 g/mol. The molecule has 0 heterocycles. The maximum atomic E-state index is 12.5. The number of allylic oxidation sites excluding steroid dienone is 7. The molecule has 0 saturated heterocycles. The second-order valence-corrected chi connectivity index (χ2v) is 21.0. The van der Waals surface area contributed by atoms with Crippen molar-refractivity contribution in [1.29, 1.82) is 0 Å². The predicted molar refractivity (Wildman–Crippen MR) is 306 cm³/mol. The molecular formula is C64H119NO5. The molecule has 0 aliphatic heterocycles. The second-order valence-electron chi connectivity index (χ2n) is 21.0. The van der Waals surface area contributed by atoms with E-state index in [0.717, 1.165) is 51.4 Å². The Labute approximate surface area is 436 Å². The van der Waals surface area contributed by atoms with Crippen LogP contribution in [0.4, 0.5) is 0 Å². The van der Waals surface area contributed by atoms with Crippen molar-refractivity contribution in [1.82, 2.24) is 5.32 Å². The summed E-state index contributed by atoms with van der Waals surface area (Å²) < 4.78 is 5.46. The fraction of sp³-hybridized carbons (Fsp3) is 0.844. The van der Waals surface area contributed by atoms with E-state index < -0.39 is 12.1 Å². The molecule has 1 amide bonds. The lowest BCUT2D eigenvalue weighted by Crippen LogP contribution is -2.45. The van der Waals surface area contributed by atoms with Crippen LogP contribution in [0.15, 0.2) is 48.6 Å². The van der Waals surface area contributed by atoms with E-state index in [1.165, 1.54) is 238 Å². The van der Waals surface area contributed by atoms with E-state index in [4.69, 9.17) is 4.74 Å². The quantitative estimate of drug-likeness (QED) is 0.0321. The zero-order chi connectivity index (χ0) is 50.7. The number of aliphatic hydroxyl groups excluding tert-OH is 2. The third-order valence-electron chi connectivity index (χ3n) is 14.1. The number of hydrogen-bond acceptors (Lipinski definition) is 5. The summed E-state index contributed by atoms with van der Waals surface area (Å²) in [7, 11) is 0. The lowest BCUT2D eigenvalue weighted by Gasteiger charge is -2.19. The minimum Gasteiger partial charge on any atom is -0.466 e. The van der Waals surface area contributed by atoms with E-state index in [9.17, 15) is 19.8 Å². The Hall–Kier alpha value is -2.18. The Morgan fingerprint density at radius 2 is 0.729 bits per heavy atom. The molecule has 0 aromatic rings. The first-order valence-electron chi connectivity index (χ1n) is 30.9. The van der Waals surface area contributed by atoms with Crippen molar-refractivity contribution >= 4 is 11.9 Å². The summed E-state index contributed by atoms with van der Waals surface area (Å²) in [6, 6.07) is -0.674. The van der Waals surface area contributed by atoms with Crippen LogP contribution in [0.25, 0.3) is 0 Å². The highest BCUT2D eigenvalue weighted by Gasteiger charge is 2.17. The van der Waals surface area contributed by atoms with Crippen LogP contribution in [0.2, 0.25) is 0 Å². The van der Waals surface area contributed by atoms with Gasteiger partial charge >= 0.3 is 5.97 Å². The molecular weight excluding hydrogens is 863 g/mol. The summed E-state index contributed by atoms with van der Waals surface area (Å²) >= 11 is 0. The number of carbonyl (C=O) groups is 2. The molecule has 0 spiro atoms. The third-order valence-corrected chi connectivity index (χ3v) is 14.1. The van der Waals surface area contributed by atoms with Crippen LogP contribution < -0.4 is 5.32 Å². The Kier molecular flexibility index (Phi) is 57.5. The highest BCUT2D eigenvalue weighted by Crippen LogP contribution is 2.17. The molecule has 6 heteroatoms. The molecule has 0 saturated carbocycles. The number of esters is 1. The van der Waals surface area contributed by atoms with E-state index in [1.54, 1.807) is 6.08 Å². The molecule has 0 radical (unpaired) electrons. The van der Waals surface area contributed by atoms with E-state index in [-0.39, 0.29) is 18.5 Å². The molecule has 70 heavy (non-hydrogen) atoms. The van der Waals surface area contributed by atoms with Crippen molar-refractivity contribution in [2.24, 2.45) is 0 Å². The predicted octanol–water partition coefficient (Wildman–Crippen LogP) is 19.4. The van der Waals surface area contributed by atoms with Crippen molar-refractivity contribution in [3.8, 4) is 0 Å². The van der Waals surface area contributed by atoms with Gasteiger partial charge in [0.2, 0.25) is 5.91 Å². The van der Waals surface area contributed by atoms with Gasteiger partial charge in [0, 0.05) is 12.8 Å². The third kappa shape index (κ3) is 55.1. The molecule has 0 aromatic heterocycles. The zero-order valence-electron chi connectivity index (χ0n) is 46.7. The van der Waals surface area contributed by atoms with Gasteiger partial charge in [0.05, 0.1) is 25.4 Å². The first-order valence-corrected chi connectivity index (χ1v) is 30.9. The summed E-state index contributed by atoms with van der Waals surface area (Å²) in [4.78, 5) is 24.5. The normalized spacial score (nSPS) is 12.9. The lowest BCUT2D eigenvalue weighted by atomic mass is 10.0. The molecule has 3 N–H and O–H groups in total. The standard InChI is InChI=1S/C64H119NO5/c1-3-5-7-9-11-13-15-17-19-20-21-22-23-24-25-26-27-28-30-32-36-40-44-48-52-56-62(67)61(60-66)65-63(68)57-53-49-45-41-37-33-31-35-39-43-47-51-55-59-70-64(69)58-54-50-46-42-38-34-29-18-16-14-12-10-8-6-4-2/h18,29,33,37,45,49,52,56,61-62,66-67H,3-17,19-28,30-32,34-36,38-44,46-48,50-51,53-55,57-60H2,1-2H3,(H,65,68)/b29-18-,37-33-,49-45-,56-52+. The number of amides is 1. The first-order chi connectivity index (χ1) is 34.5. The van der Waals surface area contributed by atoms with Gasteiger partial charge in [-0.05, 0) is 77.0 Å². The smallest absolute Gasteiger partial charge is 0.305 e. The summed E-state index contributed by atoms with van der Waals surface area (Å²) in [6.45, 7) is 4.84. The number of nitrogens with one attached hydrogen (secondary N) is 1. The molecule has 0 rings (SSSR count). The van der Waals surface area contributed by atoms with Crippen molar-refractivity contribution < 1.29 is 24.5 Å². The van der Waals surface area contributed by atoms with Crippen molar-refractivity contribution in [2.75, 3.05) is 13.2 Å². The number of hydrogen-bond donors (Lipinski definition) is 3. The maximum Gasteiger partial charge on any atom is 0.305 e. The highest BCUT2D eigenvalue weighted by molar-refractivity contribution is 5.76. The molecule has 2 unspecified atom stereocenters. The van der Waals surface area contributed by atoms with Crippen LogP contribution in [0.5, 0.6) is 0 Å². The summed E-state index contributed by atoms with van der Waals surface area (Å²) in [5.74, 6) is -0.173. The fourth-order valence-electron chi connectivity index (χ4n) is 9.33. The first kappa shape index (κ1) is 67.8. The maximum absolute atomic E-state index is 12.5. The number of carbonyl (C=O) groups excluding carboxylic acids is 2. The van der Waals surface area contributed by atoms with E-state index in [2.05, 4.69) is 49.5 Å². The summed E-state index contributed by atoms with van der Waals surface area (Å²) in [5, 5.41) is 23.1. The largest absolute Gasteiger partial charge is 0.466 e. The van der Waals surface area contributed by atoms with Crippen molar-refractivity contribution in [3.63, 3.8) is 0 Å². The number of ether oxygens (including phenoxy) is 1. The van der Waals surface area contributed by atoms with Gasteiger partial charge in [0.15, 0.2) is 0 Å². The van der Waals surface area contributed by atoms with Crippen molar-refractivity contribution in [3.05, 3.63) is 48.6 Å². The minimum absolute atomic E-state index is 0.0262. The van der Waals surface area contributed by atoms with Crippen LogP contribution in [0.1, 0.15) is 322 Å². The number of unbranched alkanes of at least 4 members (excludes halogenated alkanes) is 40. The Bertz CT molecular complexity index is 1180. The van der Waals surface area contributed by atoms with E-state index >= 15 is 0 Å². The molecule has 0 bridgehead atoms. The molecule has 0 aliphatic rings. The van der Waals surface area contributed by atoms with Gasteiger partial charge in [0.25, 0.3) is 0 Å². The van der Waals surface area contributed by atoms with Gasteiger partial charge in [0.1, 0.15) is 0 Å². The molecule has 0 aromatic carbocycles. The van der Waals surface area contributed by atoms with Gasteiger partial charge < -0.3 is 20.3 Å². The van der Waals surface area contributed by atoms with Gasteiger partial charge in [-0.2, -0.15) is 0 Å². The zero-order valence-corrected chi connectivity index (χ0v) is 46.7. The molecule has 0 aliphatic carbocycles. The Balaban J connectivity index is 3.56. The topological polar surface area (TPSA) is 95.9 Å². The highest BCUT2D eigenvalue weighted by atomic mass is 16.5. The van der Waals surface area contributed by atoms with Gasteiger partial charge in [-0.15, -0.1) is 0 Å². The van der Waals surface area contributed by atoms with Crippen molar-refractivity contribution in [2.45, 2.75) is 334 Å². The van der Waals surface area contributed by atoms with Crippen LogP contribution in [0, 0.1) is 0 Å². The molecule has 2 atom stereocenters. The van der Waals surface area contributed by atoms with Crippen LogP contribution in [0.3, 0.4) is 0 Å². The molecule has 0 fully saturated rings. The average Bonchev–Trinajstić information content (AvgIpc) is 3.36. The number of rotatable bonds is 57. The number of aliphatic hydroxyl groups is 2. The molecule has 410 valence electrons. The SMILES string of the molecule is CCCCCCCC/C=C\CCCCCCCC(=O)OCCCCCCCC/C=C\C/C=C\CCC(=O)NC(CO)C(O)/C=C/CCCCCCCCCCCCCCCCCCCCCCCCC. The van der Waals surface area contributed by atoms with E-state index in [1.807, 2.05) is 12.2 Å². The Morgan fingerprint density at radius 1 is 0.400 bits per heavy atom. The lowest BCUT2D eigenvalue weighted by molar-refractivity contribution is -0.143. The fourth-order valence-corrected chi connectivity index (χ4v) is 9.33. The van der Waals surface area contributed by atoms with Gasteiger partial charge in [-0.3, -0.25) is 9.59 Å². The monoisotopic (exact) mass is 982 g/mol. The van der Waals surface area contributed by atoms with Crippen LogP contribution in [-0.2, 0) is 14.3 Å². The minimum atomic E-state index is -0.882. The second kappa shape index (κ2) is 59.4. The Morgan fingerprint density at radius 3 is 1.13 bits per heavy atom. The van der Waals surface area contributed by atoms with Gasteiger partial charge in [-0.25, -0.2) is 0 Å². The summed E-state index contributed by atoms with van der Waals surface area (Å²) in [5.41, 5.74) is 0. The van der Waals surface area contributed by atoms with Crippen LogP contribution in [-0.4, -0.2) is 47.4 Å². The van der Waals surface area contributed by atoms with Crippen LogP contribution >= 0.6 is 0 Å². The van der Waals surface area contributed by atoms with Gasteiger partial charge in [-0.1, -0.05) is 281 Å². The van der Waals surface area contributed by atoms with E-state index in [0.29, 0.717) is 25.9 Å².